The summed E-state index contributed by atoms with van der Waals surface area (Å²) in [6, 6.07) is 16.5. The molecular weight excluding hydrogens is 426 g/mol. The Labute approximate surface area is 189 Å². The Balaban J connectivity index is 1.20. The first-order valence-corrected chi connectivity index (χ1v) is 11.0. The fourth-order valence-corrected chi connectivity index (χ4v) is 4.38. The number of benzene rings is 2. The zero-order valence-corrected chi connectivity index (χ0v) is 18.1. The molecule has 0 aliphatic carbocycles. The van der Waals surface area contributed by atoms with E-state index in [0.29, 0.717) is 16.0 Å². The Morgan fingerprint density at radius 1 is 1.12 bits per heavy atom. The largest absolute Gasteiger partial charge is 0.451 e. The van der Waals surface area contributed by atoms with E-state index in [4.69, 9.17) is 16.0 Å². The number of rotatable bonds is 4. The predicted molar refractivity (Wildman–Crippen MR) is 125 cm³/mol. The molecule has 0 spiro atoms. The highest BCUT2D eigenvalue weighted by Gasteiger charge is 2.22. The molecule has 0 radical (unpaired) electrons. The van der Waals surface area contributed by atoms with E-state index in [0.717, 1.165) is 43.4 Å². The van der Waals surface area contributed by atoms with Crippen molar-refractivity contribution in [2.24, 2.45) is 0 Å². The molecule has 4 aromatic rings. The number of nitrogens with zero attached hydrogens (tertiary/aromatic N) is 2. The van der Waals surface area contributed by atoms with Gasteiger partial charge >= 0.3 is 0 Å². The van der Waals surface area contributed by atoms with Crippen LogP contribution in [0.2, 0.25) is 5.02 Å². The van der Waals surface area contributed by atoms with Gasteiger partial charge in [-0.15, -0.1) is 0 Å². The number of carbonyl (C=O) groups is 1. The van der Waals surface area contributed by atoms with Gasteiger partial charge in [0.15, 0.2) is 11.2 Å². The van der Waals surface area contributed by atoms with Crippen molar-refractivity contribution in [2.75, 3.05) is 13.1 Å². The van der Waals surface area contributed by atoms with Gasteiger partial charge in [0.25, 0.3) is 5.91 Å². The minimum atomic E-state index is -0.371. The smallest absolute Gasteiger partial charge is 0.287 e. The van der Waals surface area contributed by atoms with Crippen LogP contribution in [0.5, 0.6) is 0 Å². The number of amides is 1. The summed E-state index contributed by atoms with van der Waals surface area (Å²) in [6.45, 7) is 2.63. The van der Waals surface area contributed by atoms with E-state index in [1.54, 1.807) is 24.4 Å². The minimum absolute atomic E-state index is 0.0111. The van der Waals surface area contributed by atoms with Crippen molar-refractivity contribution in [1.29, 1.82) is 0 Å². The third-order valence-electron chi connectivity index (χ3n) is 5.91. The molecule has 1 fully saturated rings. The summed E-state index contributed by atoms with van der Waals surface area (Å²) in [7, 11) is 0. The van der Waals surface area contributed by atoms with Crippen LogP contribution >= 0.6 is 11.6 Å². The average molecular weight is 448 g/mol. The van der Waals surface area contributed by atoms with Crippen molar-refractivity contribution in [3.63, 3.8) is 0 Å². The molecule has 32 heavy (non-hydrogen) atoms. The maximum Gasteiger partial charge on any atom is 0.287 e. The number of fused-ring (bicyclic) bond motifs is 2. The summed E-state index contributed by atoms with van der Waals surface area (Å²) in [4.78, 5) is 31.8. The van der Waals surface area contributed by atoms with E-state index in [1.807, 2.05) is 6.07 Å². The van der Waals surface area contributed by atoms with Crippen LogP contribution in [0.4, 0.5) is 0 Å². The third kappa shape index (κ3) is 4.38. The van der Waals surface area contributed by atoms with Gasteiger partial charge in [-0.2, -0.15) is 0 Å². The molecule has 3 heterocycles. The number of carbonyl (C=O) groups excluding carboxylic acids is 1. The second-order valence-electron chi connectivity index (χ2n) is 8.17. The molecule has 1 amide bonds. The van der Waals surface area contributed by atoms with E-state index in [9.17, 15) is 9.59 Å². The molecule has 1 aliphatic heterocycles. The van der Waals surface area contributed by atoms with Gasteiger partial charge in [-0.3, -0.25) is 19.5 Å². The van der Waals surface area contributed by atoms with Crippen molar-refractivity contribution in [3.8, 4) is 0 Å². The van der Waals surface area contributed by atoms with Crippen LogP contribution in [0.3, 0.4) is 0 Å². The standard InChI is InChI=1S/C25H22ClN3O3/c26-18-4-5-20-22(30)14-24(32-23(20)13-18)25(31)28-19-7-10-29(11-8-19)15-16-3-6-21-17(12-16)2-1-9-27-21/h1-6,9,12-14,19H,7-8,10-11,15H2,(H,28,31). The highest BCUT2D eigenvalue weighted by Crippen LogP contribution is 2.20. The Morgan fingerprint density at radius 2 is 1.97 bits per heavy atom. The van der Waals surface area contributed by atoms with Gasteiger partial charge in [-0.25, -0.2) is 0 Å². The van der Waals surface area contributed by atoms with E-state index in [-0.39, 0.29) is 23.1 Å². The fourth-order valence-electron chi connectivity index (χ4n) is 4.21. The first kappa shape index (κ1) is 20.7. The van der Waals surface area contributed by atoms with Gasteiger partial charge in [-0.1, -0.05) is 23.7 Å². The Bertz CT molecular complexity index is 1360. The topological polar surface area (TPSA) is 75.4 Å². The quantitative estimate of drug-likeness (QED) is 0.502. The first-order valence-electron chi connectivity index (χ1n) is 10.7. The van der Waals surface area contributed by atoms with Crippen molar-refractivity contribution >= 4 is 39.4 Å². The van der Waals surface area contributed by atoms with Gasteiger partial charge in [-0.05, 0) is 48.7 Å². The van der Waals surface area contributed by atoms with Crippen LogP contribution in [0.25, 0.3) is 21.9 Å². The third-order valence-corrected chi connectivity index (χ3v) is 6.15. The Hall–Kier alpha value is -3.22. The SMILES string of the molecule is O=C(NC1CCN(Cc2ccc3ncccc3c2)CC1)c1cc(=O)c2ccc(Cl)cc2o1. The maximum absolute atomic E-state index is 12.7. The maximum atomic E-state index is 12.7. The average Bonchev–Trinajstić information content (AvgIpc) is 2.80. The summed E-state index contributed by atoms with van der Waals surface area (Å²) in [6.07, 6.45) is 3.48. The molecule has 1 saturated heterocycles. The molecule has 0 saturated carbocycles. The summed E-state index contributed by atoms with van der Waals surface area (Å²) in [5, 5.41) is 5.01. The van der Waals surface area contributed by atoms with Crippen LogP contribution in [0, 0.1) is 0 Å². The second-order valence-corrected chi connectivity index (χ2v) is 8.61. The van der Waals surface area contributed by atoms with E-state index in [2.05, 4.69) is 39.5 Å². The number of nitrogens with one attached hydrogen (secondary N) is 1. The van der Waals surface area contributed by atoms with E-state index >= 15 is 0 Å². The van der Waals surface area contributed by atoms with E-state index in [1.165, 1.54) is 11.6 Å². The van der Waals surface area contributed by atoms with Gasteiger partial charge < -0.3 is 9.73 Å². The molecule has 7 heteroatoms. The van der Waals surface area contributed by atoms with Crippen molar-refractivity contribution in [1.82, 2.24) is 15.2 Å². The zero-order valence-electron chi connectivity index (χ0n) is 17.4. The lowest BCUT2D eigenvalue weighted by Gasteiger charge is -2.32. The molecule has 162 valence electrons. The molecule has 6 nitrogen and oxygen atoms in total. The summed E-state index contributed by atoms with van der Waals surface area (Å²) < 4.78 is 5.65. The predicted octanol–water partition coefficient (Wildman–Crippen LogP) is 4.39. The molecule has 2 aromatic heterocycles. The molecule has 1 N–H and O–H groups in total. The normalized spacial score (nSPS) is 15.3. The number of hydrogen-bond donors (Lipinski definition) is 1. The summed E-state index contributed by atoms with van der Waals surface area (Å²) in [5.41, 5.74) is 2.31. The molecule has 0 atom stereocenters. The van der Waals surface area contributed by atoms with Crippen LogP contribution in [-0.4, -0.2) is 34.9 Å². The van der Waals surface area contributed by atoms with Gasteiger partial charge in [0.1, 0.15) is 5.58 Å². The lowest BCUT2D eigenvalue weighted by atomic mass is 10.0. The Morgan fingerprint density at radius 3 is 2.81 bits per heavy atom. The van der Waals surface area contributed by atoms with E-state index < -0.39 is 0 Å². The monoisotopic (exact) mass is 447 g/mol. The number of hydrogen-bond acceptors (Lipinski definition) is 5. The first-order chi connectivity index (χ1) is 15.5. The van der Waals surface area contributed by atoms with Crippen molar-refractivity contribution in [3.05, 3.63) is 87.4 Å². The van der Waals surface area contributed by atoms with Gasteiger partial charge in [0.05, 0.1) is 10.9 Å². The van der Waals surface area contributed by atoms with Crippen LogP contribution in [0.1, 0.15) is 29.0 Å². The minimum Gasteiger partial charge on any atom is -0.451 e. The van der Waals surface area contributed by atoms with Gasteiger partial charge in [0, 0.05) is 54.4 Å². The van der Waals surface area contributed by atoms with Crippen LogP contribution in [0.15, 0.2) is 70.0 Å². The highest BCUT2D eigenvalue weighted by molar-refractivity contribution is 6.31. The molecule has 0 unspecified atom stereocenters. The number of pyridine rings is 1. The lowest BCUT2D eigenvalue weighted by molar-refractivity contribution is 0.0881. The lowest BCUT2D eigenvalue weighted by Crippen LogP contribution is -2.44. The summed E-state index contributed by atoms with van der Waals surface area (Å²) >= 11 is 5.99. The number of aromatic nitrogens is 1. The number of piperidine rings is 1. The number of halogens is 1. The van der Waals surface area contributed by atoms with Crippen molar-refractivity contribution in [2.45, 2.75) is 25.4 Å². The summed E-state index contributed by atoms with van der Waals surface area (Å²) in [5.74, 6) is -0.360. The van der Waals surface area contributed by atoms with Crippen LogP contribution < -0.4 is 10.7 Å². The molecule has 1 aliphatic rings. The zero-order chi connectivity index (χ0) is 22.1. The molecular formula is C25H22ClN3O3. The molecule has 2 aromatic carbocycles. The molecule has 5 rings (SSSR count). The van der Waals surface area contributed by atoms with Gasteiger partial charge in [0.2, 0.25) is 0 Å². The van der Waals surface area contributed by atoms with Crippen molar-refractivity contribution < 1.29 is 9.21 Å². The number of likely N-dealkylation sites (tertiary alicyclic amines) is 1. The van der Waals surface area contributed by atoms with Crippen LogP contribution in [-0.2, 0) is 6.54 Å². The molecule has 0 bridgehead atoms. The Kier molecular flexibility index (Phi) is 5.64. The highest BCUT2D eigenvalue weighted by atomic mass is 35.5. The fraction of sp³-hybridized carbons (Fsp3) is 0.240. The second kappa shape index (κ2) is 8.73.